The molecule has 0 rings (SSSR count). The number of unbranched alkanes of at least 4 members (excludes halogenated alkanes) is 8. The molecule has 1 unspecified atom stereocenters. The molecule has 3 nitrogen and oxygen atoms in total. The van der Waals surface area contributed by atoms with Gasteiger partial charge < -0.3 is 10.6 Å². The summed E-state index contributed by atoms with van der Waals surface area (Å²) < 4.78 is 0. The lowest BCUT2D eigenvalue weighted by molar-refractivity contribution is -0.122. The van der Waals surface area contributed by atoms with Gasteiger partial charge in [-0.25, -0.2) is 0 Å². The van der Waals surface area contributed by atoms with Crippen molar-refractivity contribution in [1.29, 1.82) is 0 Å². The highest BCUT2D eigenvalue weighted by molar-refractivity contribution is 5.81. The maximum atomic E-state index is 11.7. The average molecular weight is 284 g/mol. The summed E-state index contributed by atoms with van der Waals surface area (Å²) in [5.74, 6) is 0.137. The van der Waals surface area contributed by atoms with Crippen molar-refractivity contribution in [3.63, 3.8) is 0 Å². The average Bonchev–Trinajstić information content (AvgIpc) is 2.45. The van der Waals surface area contributed by atoms with Crippen LogP contribution in [0.5, 0.6) is 0 Å². The van der Waals surface area contributed by atoms with E-state index >= 15 is 0 Å². The maximum absolute atomic E-state index is 11.7. The van der Waals surface area contributed by atoms with Gasteiger partial charge in [0.25, 0.3) is 0 Å². The van der Waals surface area contributed by atoms with E-state index in [0.29, 0.717) is 0 Å². The van der Waals surface area contributed by atoms with Gasteiger partial charge in [0.1, 0.15) is 0 Å². The Kier molecular flexibility index (Phi) is 14.4. The minimum Gasteiger partial charge on any atom is -0.355 e. The van der Waals surface area contributed by atoms with Crippen molar-refractivity contribution in [3.05, 3.63) is 0 Å². The molecule has 0 aromatic heterocycles. The molecule has 0 aliphatic carbocycles. The Morgan fingerprint density at radius 3 is 1.95 bits per heavy atom. The molecule has 0 spiro atoms. The molecule has 0 saturated carbocycles. The van der Waals surface area contributed by atoms with Gasteiger partial charge in [0, 0.05) is 6.54 Å². The minimum absolute atomic E-state index is 0.0589. The van der Waals surface area contributed by atoms with Gasteiger partial charge in [-0.05, 0) is 26.3 Å². The molecule has 20 heavy (non-hydrogen) atoms. The van der Waals surface area contributed by atoms with Crippen molar-refractivity contribution in [2.75, 3.05) is 13.1 Å². The van der Waals surface area contributed by atoms with E-state index in [2.05, 4.69) is 24.5 Å². The smallest absolute Gasteiger partial charge is 0.236 e. The van der Waals surface area contributed by atoms with Gasteiger partial charge in [0.2, 0.25) is 5.91 Å². The largest absolute Gasteiger partial charge is 0.355 e. The summed E-state index contributed by atoms with van der Waals surface area (Å²) >= 11 is 0. The van der Waals surface area contributed by atoms with Crippen LogP contribution in [0.4, 0.5) is 0 Å². The monoisotopic (exact) mass is 284 g/mol. The summed E-state index contributed by atoms with van der Waals surface area (Å²) in [6.07, 6.45) is 12.8. The molecule has 1 amide bonds. The van der Waals surface area contributed by atoms with Gasteiger partial charge in [0.15, 0.2) is 0 Å². The summed E-state index contributed by atoms with van der Waals surface area (Å²) in [5, 5.41) is 6.27. The summed E-state index contributed by atoms with van der Waals surface area (Å²) in [6.45, 7) is 8.10. The van der Waals surface area contributed by atoms with Crippen molar-refractivity contribution in [1.82, 2.24) is 10.6 Å². The van der Waals surface area contributed by atoms with Crippen LogP contribution in [0.3, 0.4) is 0 Å². The molecule has 0 saturated heterocycles. The highest BCUT2D eigenvalue weighted by Gasteiger charge is 2.10. The van der Waals surface area contributed by atoms with Gasteiger partial charge in [-0.3, -0.25) is 4.79 Å². The lowest BCUT2D eigenvalue weighted by Gasteiger charge is -2.13. The van der Waals surface area contributed by atoms with Crippen LogP contribution in [0.25, 0.3) is 0 Å². The van der Waals surface area contributed by atoms with E-state index in [1.807, 2.05) is 6.92 Å². The molecule has 1 atom stereocenters. The molecule has 120 valence electrons. The molecule has 0 bridgehead atoms. The van der Waals surface area contributed by atoms with E-state index in [0.717, 1.165) is 25.9 Å². The molecule has 0 aromatic carbocycles. The van der Waals surface area contributed by atoms with Gasteiger partial charge in [0.05, 0.1) is 6.04 Å². The third kappa shape index (κ3) is 12.5. The fraction of sp³-hybridized carbons (Fsp3) is 0.941. The van der Waals surface area contributed by atoms with Gasteiger partial charge in [-0.15, -0.1) is 0 Å². The maximum Gasteiger partial charge on any atom is 0.236 e. The van der Waals surface area contributed by atoms with E-state index in [-0.39, 0.29) is 11.9 Å². The molecule has 0 radical (unpaired) electrons. The van der Waals surface area contributed by atoms with E-state index in [1.165, 1.54) is 51.4 Å². The Labute approximate surface area is 126 Å². The zero-order valence-electron chi connectivity index (χ0n) is 14.0. The van der Waals surface area contributed by atoms with Gasteiger partial charge in [-0.2, -0.15) is 0 Å². The number of amides is 1. The summed E-state index contributed by atoms with van der Waals surface area (Å²) in [4.78, 5) is 11.7. The van der Waals surface area contributed by atoms with Gasteiger partial charge in [-0.1, -0.05) is 65.2 Å². The fourth-order valence-electron chi connectivity index (χ4n) is 2.21. The van der Waals surface area contributed by atoms with Crippen molar-refractivity contribution in [2.24, 2.45) is 0 Å². The summed E-state index contributed by atoms with van der Waals surface area (Å²) in [6, 6.07) is -0.0589. The lowest BCUT2D eigenvalue weighted by Crippen LogP contribution is -2.42. The van der Waals surface area contributed by atoms with E-state index in [9.17, 15) is 4.79 Å². The molecular formula is C17H36N2O. The standard InChI is InChI=1S/C17H36N2O/c1-4-6-8-9-10-11-12-13-15-18-16(3)17(20)19-14-7-5-2/h16,18H,4-15H2,1-3H3,(H,19,20). The Hall–Kier alpha value is -0.570. The van der Waals surface area contributed by atoms with Crippen LogP contribution in [0.1, 0.15) is 85.0 Å². The minimum atomic E-state index is -0.0589. The predicted molar refractivity (Wildman–Crippen MR) is 88.0 cm³/mol. The molecule has 2 N–H and O–H groups in total. The second kappa shape index (κ2) is 14.8. The third-order valence-corrected chi connectivity index (χ3v) is 3.70. The third-order valence-electron chi connectivity index (χ3n) is 3.70. The number of carbonyl (C=O) groups is 1. The number of hydrogen-bond acceptors (Lipinski definition) is 2. The topological polar surface area (TPSA) is 41.1 Å². The van der Waals surface area contributed by atoms with E-state index in [4.69, 9.17) is 0 Å². The summed E-state index contributed by atoms with van der Waals surface area (Å²) in [5.41, 5.74) is 0. The van der Waals surface area contributed by atoms with Crippen LogP contribution >= 0.6 is 0 Å². The molecule has 0 aliphatic rings. The Morgan fingerprint density at radius 2 is 1.35 bits per heavy atom. The Morgan fingerprint density at radius 1 is 0.800 bits per heavy atom. The summed E-state index contributed by atoms with van der Waals surface area (Å²) in [7, 11) is 0. The molecule has 3 heteroatoms. The number of nitrogens with one attached hydrogen (secondary N) is 2. The first-order chi connectivity index (χ1) is 9.72. The quantitative estimate of drug-likeness (QED) is 0.473. The molecule has 0 aliphatic heterocycles. The van der Waals surface area contributed by atoms with Crippen LogP contribution in [-0.2, 0) is 4.79 Å². The molecule has 0 aromatic rings. The zero-order valence-corrected chi connectivity index (χ0v) is 14.0. The first-order valence-electron chi connectivity index (χ1n) is 8.73. The second-order valence-electron chi connectivity index (χ2n) is 5.80. The molecular weight excluding hydrogens is 248 g/mol. The number of rotatable bonds is 14. The number of carbonyl (C=O) groups excluding carboxylic acids is 1. The second-order valence-corrected chi connectivity index (χ2v) is 5.80. The van der Waals surface area contributed by atoms with Crippen molar-refractivity contribution >= 4 is 5.91 Å². The van der Waals surface area contributed by atoms with E-state index in [1.54, 1.807) is 0 Å². The Balaban J connectivity index is 3.30. The number of hydrogen-bond donors (Lipinski definition) is 2. The first-order valence-corrected chi connectivity index (χ1v) is 8.73. The predicted octanol–water partition coefficient (Wildman–Crippen LogP) is 4.02. The van der Waals surface area contributed by atoms with Crippen LogP contribution in [-0.4, -0.2) is 25.0 Å². The van der Waals surface area contributed by atoms with E-state index < -0.39 is 0 Å². The highest BCUT2D eigenvalue weighted by atomic mass is 16.2. The zero-order chi connectivity index (χ0) is 15.1. The van der Waals surface area contributed by atoms with Crippen LogP contribution in [0.15, 0.2) is 0 Å². The van der Waals surface area contributed by atoms with Crippen LogP contribution < -0.4 is 10.6 Å². The SMILES string of the molecule is CCCCCCCCCCNC(C)C(=O)NCCCC. The highest BCUT2D eigenvalue weighted by Crippen LogP contribution is 2.07. The van der Waals surface area contributed by atoms with Gasteiger partial charge >= 0.3 is 0 Å². The fourth-order valence-corrected chi connectivity index (χ4v) is 2.21. The van der Waals surface area contributed by atoms with Crippen molar-refractivity contribution in [2.45, 2.75) is 91.0 Å². The van der Waals surface area contributed by atoms with Crippen LogP contribution in [0, 0.1) is 0 Å². The normalized spacial score (nSPS) is 12.3. The van der Waals surface area contributed by atoms with Crippen LogP contribution in [0.2, 0.25) is 0 Å². The molecule has 0 heterocycles. The lowest BCUT2D eigenvalue weighted by atomic mass is 10.1. The van der Waals surface area contributed by atoms with Crippen molar-refractivity contribution in [3.8, 4) is 0 Å². The van der Waals surface area contributed by atoms with Crippen molar-refractivity contribution < 1.29 is 4.79 Å². The molecule has 0 fully saturated rings. The first kappa shape index (κ1) is 19.4. The Bertz CT molecular complexity index is 219.